The standard InChI is InChI=1S/C14H22N2O/c1-12-5-4-6-13(11-12)15-8-10-16-9-3-2-7-14(16)17/h2-3,7,9,12-13,15H,4-6,8,10-11H2,1H3. The molecule has 0 aromatic carbocycles. The topological polar surface area (TPSA) is 34.0 Å². The van der Waals surface area contributed by atoms with Crippen LogP contribution in [0.5, 0.6) is 0 Å². The van der Waals surface area contributed by atoms with Crippen molar-refractivity contribution in [1.82, 2.24) is 9.88 Å². The number of hydrogen-bond donors (Lipinski definition) is 1. The quantitative estimate of drug-likeness (QED) is 0.864. The van der Waals surface area contributed by atoms with Crippen LogP contribution in [0.3, 0.4) is 0 Å². The van der Waals surface area contributed by atoms with Gasteiger partial charge in [-0.3, -0.25) is 4.79 Å². The number of nitrogens with one attached hydrogen (secondary N) is 1. The van der Waals surface area contributed by atoms with Gasteiger partial charge < -0.3 is 9.88 Å². The van der Waals surface area contributed by atoms with Gasteiger partial charge in [0.1, 0.15) is 0 Å². The Balaban J connectivity index is 1.76. The lowest BCUT2D eigenvalue weighted by Gasteiger charge is -2.27. The van der Waals surface area contributed by atoms with Gasteiger partial charge in [0, 0.05) is 31.4 Å². The smallest absolute Gasteiger partial charge is 0.250 e. The van der Waals surface area contributed by atoms with E-state index < -0.39 is 0 Å². The van der Waals surface area contributed by atoms with Crippen LogP contribution in [0.1, 0.15) is 32.6 Å². The highest BCUT2D eigenvalue weighted by molar-refractivity contribution is 4.93. The molecule has 94 valence electrons. The van der Waals surface area contributed by atoms with Crippen LogP contribution in [0.4, 0.5) is 0 Å². The molecule has 0 amide bonds. The van der Waals surface area contributed by atoms with Crippen molar-refractivity contribution in [2.45, 2.75) is 45.2 Å². The molecule has 1 aromatic rings. The second kappa shape index (κ2) is 6.01. The summed E-state index contributed by atoms with van der Waals surface area (Å²) >= 11 is 0. The lowest BCUT2D eigenvalue weighted by atomic mass is 9.87. The molecule has 2 atom stereocenters. The maximum Gasteiger partial charge on any atom is 0.250 e. The molecule has 3 nitrogen and oxygen atoms in total. The summed E-state index contributed by atoms with van der Waals surface area (Å²) in [6.45, 7) is 3.99. The van der Waals surface area contributed by atoms with Crippen molar-refractivity contribution in [3.05, 3.63) is 34.7 Å². The molecule has 1 aliphatic rings. The van der Waals surface area contributed by atoms with Crippen molar-refractivity contribution in [3.63, 3.8) is 0 Å². The van der Waals surface area contributed by atoms with Crippen molar-refractivity contribution in [3.8, 4) is 0 Å². The van der Waals surface area contributed by atoms with Gasteiger partial charge in [-0.2, -0.15) is 0 Å². The predicted octanol–water partition coefficient (Wildman–Crippen LogP) is 2.02. The van der Waals surface area contributed by atoms with Crippen molar-refractivity contribution in [2.75, 3.05) is 6.54 Å². The fourth-order valence-corrected chi connectivity index (χ4v) is 2.65. The van der Waals surface area contributed by atoms with Crippen LogP contribution in [-0.2, 0) is 6.54 Å². The van der Waals surface area contributed by atoms with Gasteiger partial charge in [-0.15, -0.1) is 0 Å². The van der Waals surface area contributed by atoms with E-state index >= 15 is 0 Å². The molecule has 1 fully saturated rings. The molecule has 2 unspecified atom stereocenters. The fourth-order valence-electron chi connectivity index (χ4n) is 2.65. The Labute approximate surface area is 103 Å². The zero-order valence-electron chi connectivity index (χ0n) is 10.6. The van der Waals surface area contributed by atoms with Gasteiger partial charge in [0.15, 0.2) is 0 Å². The van der Waals surface area contributed by atoms with Crippen molar-refractivity contribution >= 4 is 0 Å². The van der Waals surface area contributed by atoms with E-state index in [0.29, 0.717) is 6.04 Å². The molecule has 1 N–H and O–H groups in total. The number of nitrogens with zero attached hydrogens (tertiary/aromatic N) is 1. The Morgan fingerprint density at radius 3 is 3.06 bits per heavy atom. The zero-order chi connectivity index (χ0) is 12.1. The molecule has 1 aliphatic carbocycles. The molecule has 1 saturated carbocycles. The molecule has 1 aromatic heterocycles. The molecule has 0 saturated heterocycles. The first-order chi connectivity index (χ1) is 8.25. The highest BCUT2D eigenvalue weighted by Gasteiger charge is 2.17. The Bertz CT molecular complexity index is 399. The van der Waals surface area contributed by atoms with E-state index in [1.807, 2.05) is 12.3 Å². The van der Waals surface area contributed by atoms with Gasteiger partial charge in [-0.05, 0) is 24.8 Å². The third-order valence-electron chi connectivity index (χ3n) is 3.62. The van der Waals surface area contributed by atoms with Crippen molar-refractivity contribution in [2.24, 2.45) is 5.92 Å². The van der Waals surface area contributed by atoms with Crippen molar-refractivity contribution < 1.29 is 0 Å². The van der Waals surface area contributed by atoms with Gasteiger partial charge in [-0.1, -0.05) is 25.8 Å². The van der Waals surface area contributed by atoms with E-state index in [9.17, 15) is 4.79 Å². The average Bonchev–Trinajstić information content (AvgIpc) is 2.32. The van der Waals surface area contributed by atoms with Gasteiger partial charge in [-0.25, -0.2) is 0 Å². The summed E-state index contributed by atoms with van der Waals surface area (Å²) in [4.78, 5) is 11.5. The van der Waals surface area contributed by atoms with E-state index in [-0.39, 0.29) is 5.56 Å². The van der Waals surface area contributed by atoms with Crippen LogP contribution in [0.15, 0.2) is 29.2 Å². The molecule has 2 rings (SSSR count). The number of rotatable bonds is 4. The SMILES string of the molecule is CC1CCCC(NCCn2ccccc2=O)C1. The van der Waals surface area contributed by atoms with E-state index in [2.05, 4.69) is 12.2 Å². The lowest BCUT2D eigenvalue weighted by molar-refractivity contribution is 0.299. The van der Waals surface area contributed by atoms with Gasteiger partial charge in [0.05, 0.1) is 0 Å². The third-order valence-corrected chi connectivity index (χ3v) is 3.62. The zero-order valence-corrected chi connectivity index (χ0v) is 10.6. The van der Waals surface area contributed by atoms with Crippen LogP contribution in [0, 0.1) is 5.92 Å². The summed E-state index contributed by atoms with van der Waals surface area (Å²) in [6, 6.07) is 5.96. The fraction of sp³-hybridized carbons (Fsp3) is 0.643. The number of pyridine rings is 1. The van der Waals surface area contributed by atoms with Crippen LogP contribution >= 0.6 is 0 Å². The van der Waals surface area contributed by atoms with Crippen molar-refractivity contribution in [1.29, 1.82) is 0 Å². The molecule has 17 heavy (non-hydrogen) atoms. The van der Waals surface area contributed by atoms with Crippen LogP contribution < -0.4 is 10.9 Å². The molecule has 1 heterocycles. The molecule has 0 radical (unpaired) electrons. The Morgan fingerprint density at radius 1 is 1.41 bits per heavy atom. The summed E-state index contributed by atoms with van der Waals surface area (Å²) < 4.78 is 1.76. The third kappa shape index (κ3) is 3.70. The van der Waals surface area contributed by atoms with E-state index in [4.69, 9.17) is 0 Å². The molecule has 0 spiro atoms. The largest absolute Gasteiger partial charge is 0.314 e. The maximum absolute atomic E-state index is 11.5. The first-order valence-corrected chi connectivity index (χ1v) is 6.64. The highest BCUT2D eigenvalue weighted by atomic mass is 16.1. The Hall–Kier alpha value is -1.09. The maximum atomic E-state index is 11.5. The normalized spacial score (nSPS) is 24.8. The predicted molar refractivity (Wildman–Crippen MR) is 70.1 cm³/mol. The average molecular weight is 234 g/mol. The lowest BCUT2D eigenvalue weighted by Crippen LogP contribution is -2.36. The van der Waals surface area contributed by atoms with E-state index in [1.54, 1.807) is 16.7 Å². The second-order valence-corrected chi connectivity index (χ2v) is 5.16. The monoisotopic (exact) mass is 234 g/mol. The van der Waals surface area contributed by atoms with Crippen LogP contribution in [0.25, 0.3) is 0 Å². The summed E-state index contributed by atoms with van der Waals surface area (Å²) in [5, 5.41) is 3.57. The van der Waals surface area contributed by atoms with E-state index in [1.165, 1.54) is 25.7 Å². The molecular weight excluding hydrogens is 212 g/mol. The minimum absolute atomic E-state index is 0.0892. The molecule has 3 heteroatoms. The Kier molecular flexibility index (Phi) is 4.37. The number of aromatic nitrogens is 1. The highest BCUT2D eigenvalue weighted by Crippen LogP contribution is 2.23. The molecular formula is C14H22N2O. The van der Waals surface area contributed by atoms with Crippen LogP contribution in [0.2, 0.25) is 0 Å². The van der Waals surface area contributed by atoms with Gasteiger partial charge in [0.25, 0.3) is 5.56 Å². The molecule has 0 bridgehead atoms. The summed E-state index contributed by atoms with van der Waals surface area (Å²) in [7, 11) is 0. The number of hydrogen-bond acceptors (Lipinski definition) is 2. The van der Waals surface area contributed by atoms with Gasteiger partial charge in [0.2, 0.25) is 0 Å². The summed E-state index contributed by atoms with van der Waals surface area (Å²) in [5.74, 6) is 0.848. The van der Waals surface area contributed by atoms with Gasteiger partial charge >= 0.3 is 0 Å². The minimum Gasteiger partial charge on any atom is -0.314 e. The summed E-state index contributed by atoms with van der Waals surface area (Å²) in [5.41, 5.74) is 0.0892. The minimum atomic E-state index is 0.0892. The molecule has 0 aliphatic heterocycles. The second-order valence-electron chi connectivity index (χ2n) is 5.16. The van der Waals surface area contributed by atoms with E-state index in [0.717, 1.165) is 19.0 Å². The first-order valence-electron chi connectivity index (χ1n) is 6.64. The Morgan fingerprint density at radius 2 is 2.29 bits per heavy atom. The summed E-state index contributed by atoms with van der Waals surface area (Å²) in [6.07, 6.45) is 7.13. The van der Waals surface area contributed by atoms with Crippen LogP contribution in [-0.4, -0.2) is 17.2 Å². The first kappa shape index (κ1) is 12.4.